The molecule has 0 aliphatic rings. The smallest absolute Gasteiger partial charge is 0.134 e. The average Bonchev–Trinajstić information content (AvgIpc) is 2.37. The first-order chi connectivity index (χ1) is 9.02. The highest BCUT2D eigenvalue weighted by Gasteiger charge is 2.08. The van der Waals surface area contributed by atoms with Gasteiger partial charge in [0.2, 0.25) is 0 Å². The molecule has 0 radical (unpaired) electrons. The molecule has 0 aliphatic heterocycles. The van der Waals surface area contributed by atoms with E-state index in [2.05, 4.69) is 42.0 Å². The molecule has 0 bridgehead atoms. The Balaban J connectivity index is 2.37. The summed E-state index contributed by atoms with van der Waals surface area (Å²) in [7, 11) is 1.66. The lowest BCUT2D eigenvalue weighted by atomic mass is 10.2. The molecular formula is C15H24BrNO2. The van der Waals surface area contributed by atoms with Gasteiger partial charge in [0.1, 0.15) is 11.5 Å². The zero-order valence-electron chi connectivity index (χ0n) is 12.2. The van der Waals surface area contributed by atoms with Gasteiger partial charge in [0.25, 0.3) is 0 Å². The van der Waals surface area contributed by atoms with Gasteiger partial charge in [0.05, 0.1) is 17.7 Å². The lowest BCUT2D eigenvalue weighted by Crippen LogP contribution is -2.25. The first-order valence-electron chi connectivity index (χ1n) is 6.76. The van der Waals surface area contributed by atoms with E-state index in [1.54, 1.807) is 7.11 Å². The summed E-state index contributed by atoms with van der Waals surface area (Å²) in [6.07, 6.45) is 2.37. The largest absolute Gasteiger partial charge is 0.497 e. The van der Waals surface area contributed by atoms with Gasteiger partial charge in [-0.25, -0.2) is 0 Å². The van der Waals surface area contributed by atoms with Crippen LogP contribution in [0.25, 0.3) is 0 Å². The maximum Gasteiger partial charge on any atom is 0.134 e. The van der Waals surface area contributed by atoms with Gasteiger partial charge < -0.3 is 14.8 Å². The van der Waals surface area contributed by atoms with Gasteiger partial charge in [-0.05, 0) is 60.4 Å². The number of hydrogen-bond acceptors (Lipinski definition) is 3. The van der Waals surface area contributed by atoms with Crippen LogP contribution in [-0.2, 0) is 0 Å². The van der Waals surface area contributed by atoms with E-state index in [0.717, 1.165) is 35.4 Å². The molecule has 4 heteroatoms. The predicted octanol–water partition coefficient (Wildman–Crippen LogP) is 4.00. The van der Waals surface area contributed by atoms with Crippen LogP contribution in [-0.4, -0.2) is 25.8 Å². The normalized spacial score (nSPS) is 12.5. The maximum absolute atomic E-state index is 5.92. The molecule has 19 heavy (non-hydrogen) atoms. The Labute approximate surface area is 124 Å². The van der Waals surface area contributed by atoms with E-state index in [0.29, 0.717) is 6.04 Å². The molecule has 0 amide bonds. The van der Waals surface area contributed by atoms with Crippen LogP contribution in [0.4, 0.5) is 0 Å². The second-order valence-corrected chi connectivity index (χ2v) is 5.83. The minimum Gasteiger partial charge on any atom is -0.497 e. The molecule has 1 aromatic carbocycles. The van der Waals surface area contributed by atoms with E-state index in [4.69, 9.17) is 9.47 Å². The number of hydrogen-bond donors (Lipinski definition) is 1. The fourth-order valence-electron chi connectivity index (χ4n) is 1.76. The SMILES string of the molecule is COc1ccc(OC(C)CCCNC(C)C)c(Br)c1. The van der Waals surface area contributed by atoms with E-state index in [1.165, 1.54) is 0 Å². The summed E-state index contributed by atoms with van der Waals surface area (Å²) in [6, 6.07) is 6.31. The highest BCUT2D eigenvalue weighted by molar-refractivity contribution is 9.10. The van der Waals surface area contributed by atoms with Crippen LogP contribution < -0.4 is 14.8 Å². The third-order valence-corrected chi connectivity index (χ3v) is 3.43. The van der Waals surface area contributed by atoms with Gasteiger partial charge in [0.15, 0.2) is 0 Å². The number of ether oxygens (including phenoxy) is 2. The van der Waals surface area contributed by atoms with E-state index in [9.17, 15) is 0 Å². The molecule has 0 fully saturated rings. The predicted molar refractivity (Wildman–Crippen MR) is 83.2 cm³/mol. The van der Waals surface area contributed by atoms with Gasteiger partial charge in [-0.2, -0.15) is 0 Å². The van der Waals surface area contributed by atoms with Crippen LogP contribution in [0.2, 0.25) is 0 Å². The van der Waals surface area contributed by atoms with Crippen molar-refractivity contribution in [2.75, 3.05) is 13.7 Å². The summed E-state index contributed by atoms with van der Waals surface area (Å²) in [5.41, 5.74) is 0. The number of rotatable bonds is 8. The Bertz CT molecular complexity index is 382. The first kappa shape index (κ1) is 16.3. The number of nitrogens with one attached hydrogen (secondary N) is 1. The number of halogens is 1. The van der Waals surface area contributed by atoms with Gasteiger partial charge >= 0.3 is 0 Å². The van der Waals surface area contributed by atoms with Gasteiger partial charge in [-0.15, -0.1) is 0 Å². The van der Waals surface area contributed by atoms with Crippen molar-refractivity contribution >= 4 is 15.9 Å². The van der Waals surface area contributed by atoms with Crippen LogP contribution in [0.15, 0.2) is 22.7 Å². The highest BCUT2D eigenvalue weighted by Crippen LogP contribution is 2.30. The monoisotopic (exact) mass is 329 g/mol. The van der Waals surface area contributed by atoms with Crippen molar-refractivity contribution in [2.24, 2.45) is 0 Å². The van der Waals surface area contributed by atoms with Crippen molar-refractivity contribution in [2.45, 2.75) is 45.8 Å². The zero-order chi connectivity index (χ0) is 14.3. The highest BCUT2D eigenvalue weighted by atomic mass is 79.9. The molecule has 1 aromatic rings. The van der Waals surface area contributed by atoms with E-state index in [1.807, 2.05) is 18.2 Å². The van der Waals surface area contributed by atoms with E-state index < -0.39 is 0 Å². The van der Waals surface area contributed by atoms with E-state index in [-0.39, 0.29) is 6.10 Å². The summed E-state index contributed by atoms with van der Waals surface area (Å²) in [5, 5.41) is 3.41. The van der Waals surface area contributed by atoms with Crippen molar-refractivity contribution in [1.82, 2.24) is 5.32 Å². The fraction of sp³-hybridized carbons (Fsp3) is 0.600. The first-order valence-corrected chi connectivity index (χ1v) is 7.55. The third kappa shape index (κ3) is 6.30. The molecule has 0 aliphatic carbocycles. The lowest BCUT2D eigenvalue weighted by molar-refractivity contribution is 0.205. The minimum atomic E-state index is 0.207. The topological polar surface area (TPSA) is 30.5 Å². The average molecular weight is 330 g/mol. The Kier molecular flexibility index (Phi) is 7.24. The fourth-order valence-corrected chi connectivity index (χ4v) is 2.21. The number of benzene rings is 1. The Morgan fingerprint density at radius 2 is 2.00 bits per heavy atom. The second-order valence-electron chi connectivity index (χ2n) is 4.98. The van der Waals surface area contributed by atoms with Crippen molar-refractivity contribution in [3.05, 3.63) is 22.7 Å². The molecule has 0 heterocycles. The quantitative estimate of drug-likeness (QED) is 0.731. The van der Waals surface area contributed by atoms with Crippen LogP contribution in [0.3, 0.4) is 0 Å². The minimum absolute atomic E-state index is 0.207. The summed E-state index contributed by atoms with van der Waals surface area (Å²) in [4.78, 5) is 0. The second kappa shape index (κ2) is 8.43. The van der Waals surface area contributed by atoms with E-state index >= 15 is 0 Å². The lowest BCUT2D eigenvalue weighted by Gasteiger charge is -2.17. The summed E-state index contributed by atoms with van der Waals surface area (Å²) < 4.78 is 12.0. The molecule has 1 unspecified atom stereocenters. The Morgan fingerprint density at radius 3 is 2.58 bits per heavy atom. The standard InChI is InChI=1S/C15H24BrNO2/c1-11(2)17-9-5-6-12(3)19-15-8-7-13(18-4)10-14(15)16/h7-8,10-12,17H,5-6,9H2,1-4H3. The molecule has 1 N–H and O–H groups in total. The molecule has 3 nitrogen and oxygen atoms in total. The molecule has 1 rings (SSSR count). The van der Waals surface area contributed by atoms with Crippen LogP contribution in [0.1, 0.15) is 33.6 Å². The molecule has 1 atom stereocenters. The van der Waals surface area contributed by atoms with Gasteiger partial charge in [-0.1, -0.05) is 13.8 Å². The Morgan fingerprint density at radius 1 is 1.26 bits per heavy atom. The molecule has 0 aromatic heterocycles. The number of methoxy groups -OCH3 is 1. The van der Waals surface area contributed by atoms with Crippen molar-refractivity contribution in [1.29, 1.82) is 0 Å². The summed E-state index contributed by atoms with van der Waals surface area (Å²) in [5.74, 6) is 1.69. The molecule has 108 valence electrons. The van der Waals surface area contributed by atoms with Crippen LogP contribution in [0, 0.1) is 0 Å². The van der Waals surface area contributed by atoms with Crippen LogP contribution in [0.5, 0.6) is 11.5 Å². The van der Waals surface area contributed by atoms with Crippen molar-refractivity contribution < 1.29 is 9.47 Å². The zero-order valence-corrected chi connectivity index (χ0v) is 13.8. The third-order valence-electron chi connectivity index (χ3n) is 2.81. The van der Waals surface area contributed by atoms with Gasteiger partial charge in [0, 0.05) is 6.04 Å². The molecule has 0 spiro atoms. The summed E-state index contributed by atoms with van der Waals surface area (Å²) >= 11 is 3.50. The van der Waals surface area contributed by atoms with Crippen LogP contribution >= 0.6 is 15.9 Å². The molecule has 0 saturated heterocycles. The van der Waals surface area contributed by atoms with Crippen molar-refractivity contribution in [3.63, 3.8) is 0 Å². The maximum atomic E-state index is 5.92. The van der Waals surface area contributed by atoms with Crippen molar-refractivity contribution in [3.8, 4) is 11.5 Å². The summed E-state index contributed by atoms with van der Waals surface area (Å²) in [6.45, 7) is 7.46. The Hall–Kier alpha value is -0.740. The molecular weight excluding hydrogens is 306 g/mol. The van der Waals surface area contributed by atoms with Gasteiger partial charge in [-0.3, -0.25) is 0 Å². The molecule has 0 saturated carbocycles.